The molecular formula is C25H27FN4O2S. The van der Waals surface area contributed by atoms with Crippen LogP contribution in [0, 0.1) is 5.82 Å². The number of likely N-dealkylation sites (tertiary alicyclic amines) is 1. The number of anilines is 1. The van der Waals surface area contributed by atoms with E-state index in [-0.39, 0.29) is 36.5 Å². The Labute approximate surface area is 196 Å². The van der Waals surface area contributed by atoms with Gasteiger partial charge in [-0.15, -0.1) is 11.3 Å². The highest BCUT2D eigenvalue weighted by Gasteiger charge is 2.32. The van der Waals surface area contributed by atoms with Crippen LogP contribution in [0.3, 0.4) is 0 Å². The fraction of sp³-hybridized carbons (Fsp3) is 0.400. The first-order chi connectivity index (χ1) is 16.1. The van der Waals surface area contributed by atoms with Crippen LogP contribution >= 0.6 is 11.3 Å². The molecule has 6 nitrogen and oxygen atoms in total. The van der Waals surface area contributed by atoms with Gasteiger partial charge in [0.05, 0.1) is 16.3 Å². The number of rotatable bonds is 5. The molecule has 2 aliphatic heterocycles. The van der Waals surface area contributed by atoms with Crippen molar-refractivity contribution < 1.29 is 14.0 Å². The molecule has 1 atom stereocenters. The van der Waals surface area contributed by atoms with Gasteiger partial charge in [-0.1, -0.05) is 12.1 Å². The second kappa shape index (κ2) is 9.47. The van der Waals surface area contributed by atoms with Crippen molar-refractivity contribution in [2.75, 3.05) is 37.6 Å². The van der Waals surface area contributed by atoms with Gasteiger partial charge in [-0.3, -0.25) is 9.59 Å². The zero-order valence-corrected chi connectivity index (χ0v) is 19.3. The summed E-state index contributed by atoms with van der Waals surface area (Å²) in [7, 11) is 0. The number of para-hydroxylation sites is 1. The summed E-state index contributed by atoms with van der Waals surface area (Å²) >= 11 is 1.66. The van der Waals surface area contributed by atoms with Crippen LogP contribution in [0.2, 0.25) is 0 Å². The van der Waals surface area contributed by atoms with Gasteiger partial charge in [-0.2, -0.15) is 0 Å². The first-order valence-electron chi connectivity index (χ1n) is 11.5. The maximum Gasteiger partial charge on any atom is 0.223 e. The van der Waals surface area contributed by atoms with Gasteiger partial charge in [-0.05, 0) is 49.2 Å². The van der Waals surface area contributed by atoms with Gasteiger partial charge in [0.15, 0.2) is 0 Å². The molecule has 0 bridgehead atoms. The Kier molecular flexibility index (Phi) is 6.26. The molecule has 0 N–H and O–H groups in total. The van der Waals surface area contributed by atoms with Gasteiger partial charge in [0.2, 0.25) is 11.8 Å². The number of hydrogen-bond acceptors (Lipinski definition) is 5. The standard InChI is InChI=1S/C25H27FN4O2S/c26-18-7-9-19(10-8-18)28-14-16-29(17-15-28)23(31)11-12-24(32)30-13-3-5-21(30)25-27-20-4-1-2-6-22(20)33-25/h1-2,4,6-10,21H,3,5,11-17H2/t21-/m0/s1. The number of benzene rings is 2. The van der Waals surface area contributed by atoms with Gasteiger partial charge < -0.3 is 14.7 Å². The van der Waals surface area contributed by atoms with Gasteiger partial charge in [0.25, 0.3) is 0 Å². The first kappa shape index (κ1) is 21.8. The number of thiazole rings is 1. The summed E-state index contributed by atoms with van der Waals surface area (Å²) in [6, 6.07) is 14.5. The predicted molar refractivity (Wildman–Crippen MR) is 128 cm³/mol. The quantitative estimate of drug-likeness (QED) is 0.565. The minimum atomic E-state index is -0.249. The van der Waals surface area contributed by atoms with Crippen molar-refractivity contribution in [2.45, 2.75) is 31.7 Å². The molecule has 2 amide bonds. The molecule has 2 aliphatic rings. The van der Waals surface area contributed by atoms with E-state index in [1.165, 1.54) is 12.1 Å². The van der Waals surface area contributed by atoms with Crippen molar-refractivity contribution >= 4 is 39.1 Å². The number of aromatic nitrogens is 1. The molecule has 33 heavy (non-hydrogen) atoms. The van der Waals surface area contributed by atoms with Crippen molar-refractivity contribution in [3.8, 4) is 0 Å². The maximum absolute atomic E-state index is 13.1. The fourth-order valence-electron chi connectivity index (χ4n) is 4.74. The molecule has 0 unspecified atom stereocenters. The van der Waals surface area contributed by atoms with E-state index in [0.29, 0.717) is 26.2 Å². The van der Waals surface area contributed by atoms with Gasteiger partial charge >= 0.3 is 0 Å². The van der Waals surface area contributed by atoms with Crippen LogP contribution in [-0.4, -0.2) is 59.3 Å². The number of carbonyl (C=O) groups excluding carboxylic acids is 2. The minimum Gasteiger partial charge on any atom is -0.368 e. The van der Waals surface area contributed by atoms with E-state index >= 15 is 0 Å². The third-order valence-corrected chi connectivity index (χ3v) is 7.68. The Morgan fingerprint density at radius 3 is 2.42 bits per heavy atom. The van der Waals surface area contributed by atoms with E-state index in [4.69, 9.17) is 4.98 Å². The lowest BCUT2D eigenvalue weighted by Crippen LogP contribution is -2.49. The molecule has 3 heterocycles. The lowest BCUT2D eigenvalue weighted by Gasteiger charge is -2.36. The second-order valence-electron chi connectivity index (χ2n) is 8.61. The molecular weight excluding hydrogens is 439 g/mol. The lowest BCUT2D eigenvalue weighted by atomic mass is 10.2. The Morgan fingerprint density at radius 1 is 0.939 bits per heavy atom. The van der Waals surface area contributed by atoms with E-state index in [2.05, 4.69) is 11.0 Å². The Hall–Kier alpha value is -3.00. The average Bonchev–Trinajstić information content (AvgIpc) is 3.50. The number of halogens is 1. The summed E-state index contributed by atoms with van der Waals surface area (Å²) in [5.74, 6) is -0.187. The summed E-state index contributed by atoms with van der Waals surface area (Å²) in [6.07, 6.45) is 2.35. The van der Waals surface area contributed by atoms with Crippen molar-refractivity contribution in [3.63, 3.8) is 0 Å². The van der Waals surface area contributed by atoms with E-state index < -0.39 is 0 Å². The smallest absolute Gasteiger partial charge is 0.223 e. The topological polar surface area (TPSA) is 56.8 Å². The number of hydrogen-bond donors (Lipinski definition) is 0. The highest BCUT2D eigenvalue weighted by atomic mass is 32.1. The number of amides is 2. The van der Waals surface area contributed by atoms with Crippen LogP contribution in [0.1, 0.15) is 36.7 Å². The molecule has 172 valence electrons. The van der Waals surface area contributed by atoms with Crippen molar-refractivity contribution in [3.05, 3.63) is 59.4 Å². The molecule has 2 fully saturated rings. The minimum absolute atomic E-state index is 0.0178. The molecule has 0 saturated carbocycles. The third kappa shape index (κ3) is 4.71. The molecule has 2 saturated heterocycles. The largest absolute Gasteiger partial charge is 0.368 e. The van der Waals surface area contributed by atoms with Crippen molar-refractivity contribution in [1.29, 1.82) is 0 Å². The third-order valence-electron chi connectivity index (χ3n) is 6.55. The fourth-order valence-corrected chi connectivity index (χ4v) is 5.85. The molecule has 0 aliphatic carbocycles. The number of piperazine rings is 1. The number of fused-ring (bicyclic) bond motifs is 1. The van der Waals surface area contributed by atoms with Crippen LogP contribution < -0.4 is 4.90 Å². The molecule has 1 aromatic heterocycles. The molecule has 8 heteroatoms. The summed E-state index contributed by atoms with van der Waals surface area (Å²) in [6.45, 7) is 3.36. The summed E-state index contributed by atoms with van der Waals surface area (Å²) in [4.78, 5) is 36.4. The molecule has 3 aromatic rings. The van der Waals surface area contributed by atoms with E-state index in [1.54, 1.807) is 23.5 Å². The van der Waals surface area contributed by atoms with E-state index in [9.17, 15) is 14.0 Å². The Morgan fingerprint density at radius 2 is 1.67 bits per heavy atom. The zero-order valence-electron chi connectivity index (χ0n) is 18.5. The van der Waals surface area contributed by atoms with Crippen LogP contribution in [0.15, 0.2) is 48.5 Å². The SMILES string of the molecule is O=C(CCC(=O)N1CCC[C@H]1c1nc2ccccc2s1)N1CCN(c2ccc(F)cc2)CC1. The lowest BCUT2D eigenvalue weighted by molar-refractivity contribution is -0.137. The highest BCUT2D eigenvalue weighted by molar-refractivity contribution is 7.18. The van der Waals surface area contributed by atoms with Gasteiger partial charge in [0, 0.05) is 51.3 Å². The summed E-state index contributed by atoms with van der Waals surface area (Å²) in [5.41, 5.74) is 1.94. The highest BCUT2D eigenvalue weighted by Crippen LogP contribution is 2.36. The van der Waals surface area contributed by atoms with E-state index in [0.717, 1.165) is 40.3 Å². The van der Waals surface area contributed by atoms with Crippen LogP contribution in [0.25, 0.3) is 10.2 Å². The summed E-state index contributed by atoms with van der Waals surface area (Å²) in [5, 5.41) is 0.991. The Bertz CT molecular complexity index is 1110. The zero-order chi connectivity index (χ0) is 22.8. The molecule has 2 aromatic carbocycles. The second-order valence-corrected chi connectivity index (χ2v) is 9.67. The van der Waals surface area contributed by atoms with Crippen molar-refractivity contribution in [1.82, 2.24) is 14.8 Å². The first-order valence-corrected chi connectivity index (χ1v) is 12.3. The Balaban J connectivity index is 1.14. The normalized spacial score (nSPS) is 18.8. The predicted octanol–water partition coefficient (Wildman–Crippen LogP) is 4.23. The van der Waals surface area contributed by atoms with Crippen LogP contribution in [0.4, 0.5) is 10.1 Å². The maximum atomic E-state index is 13.1. The monoisotopic (exact) mass is 466 g/mol. The van der Waals surface area contributed by atoms with Crippen LogP contribution in [-0.2, 0) is 9.59 Å². The molecule has 5 rings (SSSR count). The molecule has 0 spiro atoms. The van der Waals surface area contributed by atoms with Crippen molar-refractivity contribution in [2.24, 2.45) is 0 Å². The van der Waals surface area contributed by atoms with E-state index in [1.807, 2.05) is 28.0 Å². The summed E-state index contributed by atoms with van der Waals surface area (Å²) < 4.78 is 14.3. The number of nitrogens with zero attached hydrogens (tertiary/aromatic N) is 4. The van der Waals surface area contributed by atoms with Gasteiger partial charge in [0.1, 0.15) is 10.8 Å². The average molecular weight is 467 g/mol. The van der Waals surface area contributed by atoms with Crippen LogP contribution in [0.5, 0.6) is 0 Å². The number of carbonyl (C=O) groups is 2. The molecule has 0 radical (unpaired) electrons. The van der Waals surface area contributed by atoms with Gasteiger partial charge in [-0.25, -0.2) is 9.37 Å².